The number of aromatic nitrogens is 2. The maximum Gasteiger partial charge on any atom is 0.331 e. The lowest BCUT2D eigenvalue weighted by atomic mass is 10.0. The minimum Gasteiger partial charge on any atom is -0.478 e. The molecule has 2 N–H and O–H groups in total. The lowest BCUT2D eigenvalue weighted by molar-refractivity contribution is -0.132. The zero-order valence-corrected chi connectivity index (χ0v) is 15.7. The Morgan fingerprint density at radius 1 is 1.29 bits per heavy atom. The van der Waals surface area contributed by atoms with Crippen molar-refractivity contribution in [1.82, 2.24) is 9.97 Å². The molecule has 0 radical (unpaired) electrons. The van der Waals surface area contributed by atoms with Crippen LogP contribution < -0.4 is 0 Å². The van der Waals surface area contributed by atoms with Gasteiger partial charge in [-0.25, -0.2) is 9.78 Å². The number of aliphatic carboxylic acids is 1. The van der Waals surface area contributed by atoms with E-state index in [4.69, 9.17) is 40.5 Å². The third kappa shape index (κ3) is 4.04. The standard InChI is InChI=1S/C17H16Cl2N2O2S/c1-8(9(2)17(22)23)15-10(3)20-14(21-16(15)24)7-11-4-5-12(18)13(19)6-11/h4-6H,7H2,1-3H3,(H,22,23)(H,20,21,24)/b9-8+. The molecule has 0 saturated carbocycles. The van der Waals surface area contributed by atoms with E-state index < -0.39 is 5.97 Å². The van der Waals surface area contributed by atoms with Gasteiger partial charge in [0.05, 0.1) is 10.0 Å². The van der Waals surface area contributed by atoms with E-state index in [1.165, 1.54) is 0 Å². The monoisotopic (exact) mass is 382 g/mol. The largest absolute Gasteiger partial charge is 0.478 e. The molecule has 0 aliphatic heterocycles. The highest BCUT2D eigenvalue weighted by molar-refractivity contribution is 7.71. The smallest absolute Gasteiger partial charge is 0.331 e. The zero-order valence-electron chi connectivity index (χ0n) is 13.4. The second kappa shape index (κ2) is 7.47. The fourth-order valence-corrected chi connectivity index (χ4v) is 3.10. The zero-order chi connectivity index (χ0) is 18.0. The predicted molar refractivity (Wildman–Crippen MR) is 99.3 cm³/mol. The number of allylic oxidation sites excluding steroid dienone is 1. The van der Waals surface area contributed by atoms with Gasteiger partial charge in [0.15, 0.2) is 0 Å². The number of carboxylic acid groups (broad SMARTS) is 1. The minimum absolute atomic E-state index is 0.247. The minimum atomic E-state index is -0.971. The average molecular weight is 383 g/mol. The first-order chi connectivity index (χ1) is 11.2. The van der Waals surface area contributed by atoms with Gasteiger partial charge < -0.3 is 10.1 Å². The highest BCUT2D eigenvalue weighted by Gasteiger charge is 2.13. The Bertz CT molecular complexity index is 904. The SMILES string of the molecule is C/C(C(=O)O)=C(/C)c1c(C)[nH]c(Cc2ccc(Cl)c(Cl)c2)nc1=S. The number of aromatic amines is 1. The maximum absolute atomic E-state index is 11.2. The molecule has 0 amide bonds. The number of nitrogens with one attached hydrogen (secondary N) is 1. The summed E-state index contributed by atoms with van der Waals surface area (Å²) in [7, 11) is 0. The second-order valence-corrected chi connectivity index (χ2v) is 6.67. The molecule has 0 bridgehead atoms. The Morgan fingerprint density at radius 3 is 2.50 bits per heavy atom. The molecule has 2 aromatic rings. The van der Waals surface area contributed by atoms with Crippen molar-refractivity contribution in [2.45, 2.75) is 27.2 Å². The number of rotatable bonds is 4. The van der Waals surface area contributed by atoms with Crippen molar-refractivity contribution in [3.05, 3.63) is 61.1 Å². The normalized spacial score (nSPS) is 12.0. The third-order valence-corrected chi connectivity index (χ3v) is 4.81. The fraction of sp³-hybridized carbons (Fsp3) is 0.235. The number of carboxylic acids is 1. The van der Waals surface area contributed by atoms with Gasteiger partial charge in [-0.05, 0) is 44.0 Å². The summed E-state index contributed by atoms with van der Waals surface area (Å²) in [5, 5.41) is 10.1. The van der Waals surface area contributed by atoms with E-state index in [1.54, 1.807) is 26.0 Å². The van der Waals surface area contributed by atoms with Gasteiger partial charge in [0.2, 0.25) is 0 Å². The van der Waals surface area contributed by atoms with E-state index in [0.29, 0.717) is 38.1 Å². The third-order valence-electron chi connectivity index (χ3n) is 3.77. The molecule has 0 atom stereocenters. The van der Waals surface area contributed by atoms with Crippen molar-refractivity contribution >= 4 is 47.0 Å². The van der Waals surface area contributed by atoms with Crippen molar-refractivity contribution in [3.63, 3.8) is 0 Å². The highest BCUT2D eigenvalue weighted by Crippen LogP contribution is 2.25. The van der Waals surface area contributed by atoms with Crippen LogP contribution in [0.3, 0.4) is 0 Å². The second-order valence-electron chi connectivity index (χ2n) is 5.47. The lowest BCUT2D eigenvalue weighted by Crippen LogP contribution is -2.06. The lowest BCUT2D eigenvalue weighted by Gasteiger charge is -2.11. The molecule has 0 unspecified atom stereocenters. The molecule has 1 aromatic heterocycles. The Morgan fingerprint density at radius 2 is 1.96 bits per heavy atom. The fourth-order valence-electron chi connectivity index (χ4n) is 2.36. The van der Waals surface area contributed by atoms with Crippen LogP contribution >= 0.6 is 35.4 Å². The molecule has 126 valence electrons. The number of aryl methyl sites for hydroxylation is 1. The van der Waals surface area contributed by atoms with Crippen molar-refractivity contribution in [2.24, 2.45) is 0 Å². The van der Waals surface area contributed by atoms with Gasteiger partial charge >= 0.3 is 5.97 Å². The summed E-state index contributed by atoms with van der Waals surface area (Å²) in [5.74, 6) is -0.290. The van der Waals surface area contributed by atoms with Gasteiger partial charge in [0.1, 0.15) is 10.5 Å². The van der Waals surface area contributed by atoms with Crippen LogP contribution in [0.1, 0.15) is 36.5 Å². The first-order valence-electron chi connectivity index (χ1n) is 7.15. The summed E-state index contributed by atoms with van der Waals surface area (Å²) in [6, 6.07) is 5.39. The summed E-state index contributed by atoms with van der Waals surface area (Å²) in [5.41, 5.74) is 3.24. The number of benzene rings is 1. The first kappa shape index (κ1) is 18.6. The molecule has 7 heteroatoms. The van der Waals surface area contributed by atoms with Crippen LogP contribution in [-0.4, -0.2) is 21.0 Å². The topological polar surface area (TPSA) is 66.0 Å². The van der Waals surface area contributed by atoms with Crippen LogP contribution in [0.2, 0.25) is 10.0 Å². The first-order valence-corrected chi connectivity index (χ1v) is 8.32. The van der Waals surface area contributed by atoms with Crippen molar-refractivity contribution in [2.75, 3.05) is 0 Å². The summed E-state index contributed by atoms with van der Waals surface area (Å²) >= 11 is 17.3. The number of hydrogen-bond donors (Lipinski definition) is 2. The van der Waals surface area contributed by atoms with Crippen LogP contribution in [0.15, 0.2) is 23.8 Å². The molecule has 1 heterocycles. The van der Waals surface area contributed by atoms with Gasteiger partial charge in [-0.1, -0.05) is 41.5 Å². The number of carbonyl (C=O) groups is 1. The van der Waals surface area contributed by atoms with Gasteiger partial charge in [-0.2, -0.15) is 0 Å². The van der Waals surface area contributed by atoms with Gasteiger partial charge in [0, 0.05) is 23.3 Å². The van der Waals surface area contributed by atoms with Crippen molar-refractivity contribution in [3.8, 4) is 0 Å². The maximum atomic E-state index is 11.2. The van der Waals surface area contributed by atoms with Gasteiger partial charge in [-0.15, -0.1) is 0 Å². The van der Waals surface area contributed by atoms with Crippen LogP contribution in [-0.2, 0) is 11.2 Å². The molecular formula is C17H16Cl2N2O2S. The summed E-state index contributed by atoms with van der Waals surface area (Å²) in [6.07, 6.45) is 0.516. The molecule has 0 spiro atoms. The Kier molecular flexibility index (Phi) is 5.80. The van der Waals surface area contributed by atoms with E-state index in [1.807, 2.05) is 13.0 Å². The van der Waals surface area contributed by atoms with Gasteiger partial charge in [-0.3, -0.25) is 0 Å². The quantitative estimate of drug-likeness (QED) is 0.561. The van der Waals surface area contributed by atoms with E-state index in [0.717, 1.165) is 11.3 Å². The molecule has 24 heavy (non-hydrogen) atoms. The molecule has 0 aliphatic rings. The molecule has 0 fully saturated rings. The van der Waals surface area contributed by atoms with Crippen LogP contribution in [0, 0.1) is 11.6 Å². The van der Waals surface area contributed by atoms with Crippen LogP contribution in [0.4, 0.5) is 0 Å². The predicted octanol–water partition coefficient (Wildman–Crippen LogP) is 5.22. The van der Waals surface area contributed by atoms with Crippen LogP contribution in [0.25, 0.3) is 5.57 Å². The molecule has 4 nitrogen and oxygen atoms in total. The van der Waals surface area contributed by atoms with E-state index in [9.17, 15) is 4.79 Å². The Balaban J connectivity index is 2.43. The summed E-state index contributed by atoms with van der Waals surface area (Å²) < 4.78 is 0.374. The molecule has 2 rings (SSSR count). The number of halogens is 2. The van der Waals surface area contributed by atoms with Crippen LogP contribution in [0.5, 0.6) is 0 Å². The summed E-state index contributed by atoms with van der Waals surface area (Å²) in [4.78, 5) is 18.8. The number of H-pyrrole nitrogens is 1. The Labute approximate surface area is 155 Å². The summed E-state index contributed by atoms with van der Waals surface area (Å²) in [6.45, 7) is 5.13. The van der Waals surface area contributed by atoms with E-state index in [-0.39, 0.29) is 5.57 Å². The number of hydrogen-bond acceptors (Lipinski definition) is 3. The van der Waals surface area contributed by atoms with Crippen molar-refractivity contribution in [1.29, 1.82) is 0 Å². The molecule has 1 aromatic carbocycles. The van der Waals surface area contributed by atoms with Gasteiger partial charge in [0.25, 0.3) is 0 Å². The Hall–Kier alpha value is -1.69. The molecule has 0 saturated heterocycles. The molecular weight excluding hydrogens is 367 g/mol. The van der Waals surface area contributed by atoms with Crippen molar-refractivity contribution < 1.29 is 9.90 Å². The van der Waals surface area contributed by atoms with E-state index in [2.05, 4.69) is 9.97 Å². The number of nitrogens with zero attached hydrogens (tertiary/aromatic N) is 1. The molecule has 0 aliphatic carbocycles. The highest BCUT2D eigenvalue weighted by atomic mass is 35.5. The average Bonchev–Trinajstić information content (AvgIpc) is 2.49. The van der Waals surface area contributed by atoms with E-state index >= 15 is 0 Å².